The van der Waals surface area contributed by atoms with Gasteiger partial charge in [0.1, 0.15) is 4.90 Å². The van der Waals surface area contributed by atoms with E-state index in [1.54, 1.807) is 18.2 Å². The molecule has 2 aromatic rings. The molecule has 5 nitrogen and oxygen atoms in total. The topological polar surface area (TPSA) is 71.1 Å². The van der Waals surface area contributed by atoms with Crippen LogP contribution in [-0.4, -0.2) is 19.9 Å². The van der Waals surface area contributed by atoms with E-state index in [1.807, 2.05) is 20.8 Å². The summed E-state index contributed by atoms with van der Waals surface area (Å²) in [5, 5.41) is 3.20. The molecule has 0 amide bonds. The number of hydrogen-bond acceptors (Lipinski definition) is 5. The second-order valence-corrected chi connectivity index (χ2v) is 7.70. The molecule has 0 unspecified atom stereocenters. The van der Waals surface area contributed by atoms with Crippen LogP contribution >= 0.6 is 11.3 Å². The number of rotatable bonds is 6. The Kier molecular flexibility index (Phi) is 4.97. The lowest BCUT2D eigenvalue weighted by Crippen LogP contribution is -2.13. The minimum atomic E-state index is -3.57. The Bertz CT molecular complexity index is 706. The van der Waals surface area contributed by atoms with Crippen LogP contribution < -0.4 is 10.0 Å². The minimum absolute atomic E-state index is 0.334. The van der Waals surface area contributed by atoms with Gasteiger partial charge in [-0.25, -0.2) is 8.42 Å². The van der Waals surface area contributed by atoms with E-state index in [4.69, 9.17) is 0 Å². The van der Waals surface area contributed by atoms with Gasteiger partial charge in [0.2, 0.25) is 0 Å². The number of thiophene rings is 1. The van der Waals surface area contributed by atoms with Crippen LogP contribution in [0, 0.1) is 13.8 Å². The predicted molar refractivity (Wildman–Crippen MR) is 86.2 cm³/mol. The zero-order chi connectivity index (χ0) is 15.5. The molecular formula is C14H19N3O2S2. The molecule has 2 aromatic heterocycles. The number of sulfonamides is 1. The van der Waals surface area contributed by atoms with E-state index < -0.39 is 10.0 Å². The second-order valence-electron chi connectivity index (χ2n) is 4.71. The van der Waals surface area contributed by atoms with Crippen LogP contribution in [0.3, 0.4) is 0 Å². The van der Waals surface area contributed by atoms with E-state index in [1.165, 1.54) is 17.5 Å². The van der Waals surface area contributed by atoms with Crippen LogP contribution in [0.5, 0.6) is 0 Å². The van der Waals surface area contributed by atoms with Gasteiger partial charge in [-0.3, -0.25) is 9.71 Å². The smallest absolute Gasteiger partial charge is 0.263 e. The lowest BCUT2D eigenvalue weighted by molar-refractivity contribution is 0.601. The van der Waals surface area contributed by atoms with Gasteiger partial charge in [0.15, 0.2) is 0 Å². The molecule has 2 heterocycles. The molecule has 0 saturated heterocycles. The van der Waals surface area contributed by atoms with Gasteiger partial charge >= 0.3 is 0 Å². The molecule has 0 aliphatic heterocycles. The Morgan fingerprint density at radius 2 is 2.05 bits per heavy atom. The Morgan fingerprint density at radius 1 is 1.29 bits per heavy atom. The van der Waals surface area contributed by atoms with E-state index in [0.717, 1.165) is 22.0 Å². The zero-order valence-corrected chi connectivity index (χ0v) is 13.9. The van der Waals surface area contributed by atoms with E-state index in [9.17, 15) is 8.42 Å². The quantitative estimate of drug-likeness (QED) is 0.856. The maximum Gasteiger partial charge on any atom is 0.263 e. The molecule has 21 heavy (non-hydrogen) atoms. The summed E-state index contributed by atoms with van der Waals surface area (Å²) in [6, 6.07) is 5.21. The fourth-order valence-corrected chi connectivity index (χ4v) is 4.51. The number of nitrogens with one attached hydrogen (secondary N) is 2. The summed E-state index contributed by atoms with van der Waals surface area (Å²) in [5.41, 5.74) is 1.32. The molecule has 114 valence electrons. The van der Waals surface area contributed by atoms with E-state index in [0.29, 0.717) is 17.1 Å². The third-order valence-corrected chi connectivity index (χ3v) is 5.61. The highest BCUT2D eigenvalue weighted by molar-refractivity contribution is 7.93. The summed E-state index contributed by atoms with van der Waals surface area (Å²) in [4.78, 5) is 6.22. The van der Waals surface area contributed by atoms with Crippen LogP contribution in [-0.2, 0) is 16.6 Å². The van der Waals surface area contributed by atoms with Crippen molar-refractivity contribution in [1.29, 1.82) is 0 Å². The number of nitrogens with zero attached hydrogens (tertiary/aromatic N) is 1. The summed E-state index contributed by atoms with van der Waals surface area (Å²) in [6.45, 7) is 7.23. The molecule has 0 saturated carbocycles. The number of anilines is 1. The van der Waals surface area contributed by atoms with Crippen molar-refractivity contribution in [2.24, 2.45) is 0 Å². The zero-order valence-electron chi connectivity index (χ0n) is 12.3. The molecule has 0 aliphatic carbocycles. The number of aryl methyl sites for hydroxylation is 2. The average Bonchev–Trinajstić information content (AvgIpc) is 2.81. The van der Waals surface area contributed by atoms with Crippen LogP contribution in [0.4, 0.5) is 5.69 Å². The van der Waals surface area contributed by atoms with Gasteiger partial charge in [0.05, 0.1) is 11.9 Å². The van der Waals surface area contributed by atoms with Crippen LogP contribution in [0.25, 0.3) is 0 Å². The Labute approximate surface area is 129 Å². The standard InChI is InChI=1S/C14H19N3O2S2/c1-4-15-9-13-7-14(11(3)20-13)21(18,19)17-12-6-5-10(2)16-8-12/h5-8,15,17H,4,9H2,1-3H3. The normalized spacial score (nSPS) is 11.6. The number of aromatic nitrogens is 1. The molecule has 0 bridgehead atoms. The predicted octanol–water partition coefficient (Wildman–Crippen LogP) is 2.67. The summed E-state index contributed by atoms with van der Waals surface area (Å²) >= 11 is 1.50. The van der Waals surface area contributed by atoms with Crippen molar-refractivity contribution in [2.45, 2.75) is 32.2 Å². The van der Waals surface area contributed by atoms with Crippen molar-refractivity contribution in [1.82, 2.24) is 10.3 Å². The summed E-state index contributed by atoms with van der Waals surface area (Å²) < 4.78 is 27.5. The van der Waals surface area contributed by atoms with Crippen molar-refractivity contribution in [2.75, 3.05) is 11.3 Å². The van der Waals surface area contributed by atoms with E-state index >= 15 is 0 Å². The highest BCUT2D eigenvalue weighted by Crippen LogP contribution is 2.27. The lowest BCUT2D eigenvalue weighted by Gasteiger charge is -2.07. The molecule has 0 aliphatic rings. The molecule has 0 fully saturated rings. The number of pyridine rings is 1. The molecule has 2 rings (SSSR count). The second kappa shape index (κ2) is 6.55. The first-order valence-corrected chi connectivity index (χ1v) is 8.98. The SMILES string of the molecule is CCNCc1cc(S(=O)(=O)Nc2ccc(C)nc2)c(C)s1. The molecule has 0 radical (unpaired) electrons. The van der Waals surface area contributed by atoms with Gasteiger partial charge < -0.3 is 5.32 Å². The van der Waals surface area contributed by atoms with Crippen molar-refractivity contribution in [3.63, 3.8) is 0 Å². The summed E-state index contributed by atoms with van der Waals surface area (Å²) in [6.07, 6.45) is 1.52. The first-order chi connectivity index (χ1) is 9.92. The molecular weight excluding hydrogens is 306 g/mol. The summed E-state index contributed by atoms with van der Waals surface area (Å²) in [5.74, 6) is 0. The maximum atomic E-state index is 12.4. The molecule has 0 aromatic carbocycles. The fraction of sp³-hybridized carbons (Fsp3) is 0.357. The first kappa shape index (κ1) is 15.9. The fourth-order valence-electron chi connectivity index (χ4n) is 1.86. The van der Waals surface area contributed by atoms with Crippen molar-refractivity contribution in [3.8, 4) is 0 Å². The Hall–Kier alpha value is -1.44. The highest BCUT2D eigenvalue weighted by atomic mass is 32.2. The summed E-state index contributed by atoms with van der Waals surface area (Å²) in [7, 11) is -3.57. The van der Waals surface area contributed by atoms with Crippen LogP contribution in [0.15, 0.2) is 29.3 Å². The van der Waals surface area contributed by atoms with Gasteiger partial charge in [0.25, 0.3) is 10.0 Å². The molecule has 7 heteroatoms. The van der Waals surface area contributed by atoms with Crippen molar-refractivity contribution in [3.05, 3.63) is 39.8 Å². The van der Waals surface area contributed by atoms with Gasteiger partial charge in [-0.2, -0.15) is 0 Å². The first-order valence-electron chi connectivity index (χ1n) is 6.68. The average molecular weight is 325 g/mol. The largest absolute Gasteiger partial charge is 0.312 e. The lowest BCUT2D eigenvalue weighted by atomic mass is 10.4. The van der Waals surface area contributed by atoms with Gasteiger partial charge in [-0.15, -0.1) is 11.3 Å². The third-order valence-electron chi connectivity index (χ3n) is 2.93. The van der Waals surface area contributed by atoms with Gasteiger partial charge in [-0.05, 0) is 38.6 Å². The van der Waals surface area contributed by atoms with Gasteiger partial charge in [0, 0.05) is 22.0 Å². The minimum Gasteiger partial charge on any atom is -0.312 e. The van der Waals surface area contributed by atoms with Gasteiger partial charge in [-0.1, -0.05) is 6.92 Å². The maximum absolute atomic E-state index is 12.4. The number of hydrogen-bond donors (Lipinski definition) is 2. The monoisotopic (exact) mass is 325 g/mol. The Balaban J connectivity index is 2.22. The highest BCUT2D eigenvalue weighted by Gasteiger charge is 2.20. The van der Waals surface area contributed by atoms with E-state index in [-0.39, 0.29) is 0 Å². The van der Waals surface area contributed by atoms with Crippen molar-refractivity contribution < 1.29 is 8.42 Å². The van der Waals surface area contributed by atoms with Crippen LogP contribution in [0.1, 0.15) is 22.4 Å². The molecule has 0 atom stereocenters. The third kappa shape index (κ3) is 4.03. The molecule has 0 spiro atoms. The Morgan fingerprint density at radius 3 is 2.67 bits per heavy atom. The van der Waals surface area contributed by atoms with E-state index in [2.05, 4.69) is 15.0 Å². The molecule has 2 N–H and O–H groups in total. The van der Waals surface area contributed by atoms with Crippen molar-refractivity contribution >= 4 is 27.0 Å². The van der Waals surface area contributed by atoms with Crippen LogP contribution in [0.2, 0.25) is 0 Å².